The molecule has 0 aliphatic carbocycles. The molecule has 0 radical (unpaired) electrons. The first kappa shape index (κ1) is 19.4. The molecule has 1 aromatic carbocycles. The largest absolute Gasteiger partial charge is 0.385 e. The van der Waals surface area contributed by atoms with Gasteiger partial charge < -0.3 is 30.7 Å². The SMILES string of the molecule is CO[C@@]1(O)[C@H](O)[C@@H](CN)O[C@H]1n1cnc2c(NC(=O)c3ccccc3)ncnc21. The quantitative estimate of drug-likeness (QED) is 0.419. The summed E-state index contributed by atoms with van der Waals surface area (Å²) in [5.74, 6) is -2.22. The highest BCUT2D eigenvalue weighted by Gasteiger charge is 2.57. The molecule has 29 heavy (non-hydrogen) atoms. The molecule has 5 N–H and O–H groups in total. The van der Waals surface area contributed by atoms with E-state index in [4.69, 9.17) is 15.2 Å². The van der Waals surface area contributed by atoms with Gasteiger partial charge in [-0.1, -0.05) is 18.2 Å². The minimum Gasteiger partial charge on any atom is -0.385 e. The second kappa shape index (κ2) is 7.46. The molecule has 4 rings (SSSR count). The van der Waals surface area contributed by atoms with Crippen LogP contribution in [-0.4, -0.2) is 67.3 Å². The number of aromatic nitrogens is 4. The van der Waals surface area contributed by atoms with E-state index in [0.29, 0.717) is 5.56 Å². The summed E-state index contributed by atoms with van der Waals surface area (Å²) in [5, 5.41) is 23.9. The lowest BCUT2D eigenvalue weighted by Gasteiger charge is -2.29. The molecule has 1 saturated heterocycles. The van der Waals surface area contributed by atoms with E-state index in [9.17, 15) is 15.0 Å². The van der Waals surface area contributed by atoms with E-state index < -0.39 is 24.2 Å². The molecule has 0 unspecified atom stereocenters. The lowest BCUT2D eigenvalue weighted by Crippen LogP contribution is -2.49. The molecule has 0 spiro atoms. The van der Waals surface area contributed by atoms with Crippen LogP contribution in [0.5, 0.6) is 0 Å². The number of hydrogen-bond donors (Lipinski definition) is 4. The maximum Gasteiger partial charge on any atom is 0.256 e. The number of nitrogens with two attached hydrogens (primary N) is 1. The number of anilines is 1. The number of rotatable bonds is 5. The average molecular weight is 400 g/mol. The highest BCUT2D eigenvalue weighted by molar-refractivity contribution is 6.06. The fourth-order valence-electron chi connectivity index (χ4n) is 3.31. The van der Waals surface area contributed by atoms with Crippen molar-refractivity contribution in [2.24, 2.45) is 5.73 Å². The summed E-state index contributed by atoms with van der Waals surface area (Å²) >= 11 is 0. The molecule has 3 heterocycles. The van der Waals surface area contributed by atoms with Gasteiger partial charge in [-0.25, -0.2) is 15.0 Å². The summed E-state index contributed by atoms with van der Waals surface area (Å²) in [6, 6.07) is 8.66. The van der Waals surface area contributed by atoms with Crippen molar-refractivity contribution in [1.82, 2.24) is 19.5 Å². The molecule has 1 amide bonds. The van der Waals surface area contributed by atoms with Crippen LogP contribution in [0.3, 0.4) is 0 Å². The van der Waals surface area contributed by atoms with Gasteiger partial charge in [0.15, 0.2) is 23.2 Å². The Bertz CT molecular complexity index is 1030. The molecule has 1 aliphatic rings. The van der Waals surface area contributed by atoms with Crippen molar-refractivity contribution in [1.29, 1.82) is 0 Å². The fraction of sp³-hybridized carbons (Fsp3) is 0.333. The zero-order valence-electron chi connectivity index (χ0n) is 15.5. The number of aliphatic hydroxyl groups excluding tert-OH is 1. The zero-order valence-corrected chi connectivity index (χ0v) is 15.5. The number of carbonyl (C=O) groups is 1. The van der Waals surface area contributed by atoms with Gasteiger partial charge in [-0.3, -0.25) is 9.36 Å². The van der Waals surface area contributed by atoms with Crippen molar-refractivity contribution < 1.29 is 24.5 Å². The van der Waals surface area contributed by atoms with Crippen LogP contribution in [0.25, 0.3) is 11.2 Å². The van der Waals surface area contributed by atoms with E-state index in [1.165, 1.54) is 24.3 Å². The number of aliphatic hydroxyl groups is 2. The van der Waals surface area contributed by atoms with E-state index in [1.54, 1.807) is 24.3 Å². The van der Waals surface area contributed by atoms with E-state index >= 15 is 0 Å². The number of benzene rings is 1. The Kier molecular flexibility index (Phi) is 4.98. The molecule has 1 fully saturated rings. The highest BCUT2D eigenvalue weighted by atomic mass is 16.7. The fourth-order valence-corrected chi connectivity index (χ4v) is 3.31. The summed E-state index contributed by atoms with van der Waals surface area (Å²) in [7, 11) is 1.25. The zero-order chi connectivity index (χ0) is 20.6. The number of amides is 1. The van der Waals surface area contributed by atoms with Crippen molar-refractivity contribution in [3.05, 3.63) is 48.5 Å². The van der Waals surface area contributed by atoms with Crippen molar-refractivity contribution in [2.75, 3.05) is 19.0 Å². The number of nitrogens with zero attached hydrogens (tertiary/aromatic N) is 4. The number of imidazole rings is 1. The van der Waals surface area contributed by atoms with Gasteiger partial charge in [0.25, 0.3) is 5.91 Å². The van der Waals surface area contributed by atoms with Crippen LogP contribution in [-0.2, 0) is 9.47 Å². The number of methoxy groups -OCH3 is 1. The smallest absolute Gasteiger partial charge is 0.256 e. The second-order valence-corrected chi connectivity index (χ2v) is 6.53. The van der Waals surface area contributed by atoms with Crippen molar-refractivity contribution in [3.8, 4) is 0 Å². The molecule has 11 nitrogen and oxygen atoms in total. The Morgan fingerprint density at radius 2 is 2.10 bits per heavy atom. The van der Waals surface area contributed by atoms with E-state index in [1.807, 2.05) is 6.07 Å². The molecule has 0 saturated carbocycles. The monoisotopic (exact) mass is 400 g/mol. The van der Waals surface area contributed by atoms with Gasteiger partial charge in [-0.15, -0.1) is 0 Å². The van der Waals surface area contributed by atoms with Crippen LogP contribution in [0.1, 0.15) is 16.6 Å². The maximum atomic E-state index is 12.5. The van der Waals surface area contributed by atoms with Crippen LogP contribution in [0.2, 0.25) is 0 Å². The third-order valence-electron chi connectivity index (χ3n) is 4.87. The minimum absolute atomic E-state index is 0.0245. The third-order valence-corrected chi connectivity index (χ3v) is 4.87. The van der Waals surface area contributed by atoms with Gasteiger partial charge in [-0.05, 0) is 12.1 Å². The Labute approximate surface area is 165 Å². The second-order valence-electron chi connectivity index (χ2n) is 6.53. The number of nitrogens with one attached hydrogen (secondary N) is 1. The lowest BCUT2D eigenvalue weighted by molar-refractivity contribution is -0.264. The number of hydrogen-bond acceptors (Lipinski definition) is 9. The van der Waals surface area contributed by atoms with Gasteiger partial charge in [0.1, 0.15) is 18.5 Å². The van der Waals surface area contributed by atoms with E-state index in [-0.39, 0.29) is 29.4 Å². The molecular weight excluding hydrogens is 380 g/mol. The predicted molar refractivity (Wildman–Crippen MR) is 101 cm³/mol. The van der Waals surface area contributed by atoms with Crippen molar-refractivity contribution in [3.63, 3.8) is 0 Å². The van der Waals surface area contributed by atoms with Crippen LogP contribution < -0.4 is 11.1 Å². The van der Waals surface area contributed by atoms with Crippen LogP contribution in [0.15, 0.2) is 43.0 Å². The lowest BCUT2D eigenvalue weighted by atomic mass is 10.1. The topological polar surface area (TPSA) is 158 Å². The Hall–Kier alpha value is -2.96. The molecular formula is C18H20N6O5. The molecule has 2 aromatic heterocycles. The molecule has 152 valence electrons. The van der Waals surface area contributed by atoms with Crippen LogP contribution >= 0.6 is 0 Å². The maximum absolute atomic E-state index is 12.5. The van der Waals surface area contributed by atoms with E-state index in [0.717, 1.165) is 0 Å². The molecule has 3 aromatic rings. The molecule has 11 heteroatoms. The summed E-state index contributed by atoms with van der Waals surface area (Å²) in [6.07, 6.45) is -0.773. The minimum atomic E-state index is -2.06. The third kappa shape index (κ3) is 3.14. The Balaban J connectivity index is 1.70. The first-order valence-electron chi connectivity index (χ1n) is 8.84. The highest BCUT2D eigenvalue weighted by Crippen LogP contribution is 2.40. The van der Waals surface area contributed by atoms with Gasteiger partial charge in [0.2, 0.25) is 5.79 Å². The summed E-state index contributed by atoms with van der Waals surface area (Å²) in [4.78, 5) is 25.0. The molecule has 1 aliphatic heterocycles. The normalized spacial score (nSPS) is 26.7. The van der Waals surface area contributed by atoms with Gasteiger partial charge in [0, 0.05) is 19.2 Å². The van der Waals surface area contributed by atoms with Crippen LogP contribution in [0.4, 0.5) is 5.82 Å². The van der Waals surface area contributed by atoms with Crippen LogP contribution in [0, 0.1) is 0 Å². The molecule has 0 bridgehead atoms. The standard InChI is InChI=1S/C18H20N6O5/c1-28-18(27)13(25)11(7-19)29-17(18)24-9-22-12-14(20-8-21-15(12)24)23-16(26)10-5-3-2-4-6-10/h2-6,8-9,11,13,17,25,27H,7,19H2,1H3,(H,20,21,23,26)/t11-,13-,17-,18+/m1/s1. The summed E-state index contributed by atoms with van der Waals surface area (Å²) < 4.78 is 12.2. The Morgan fingerprint density at radius 3 is 2.79 bits per heavy atom. The van der Waals surface area contributed by atoms with E-state index in [2.05, 4.69) is 20.3 Å². The number of carbonyl (C=O) groups excluding carboxylic acids is 1. The summed E-state index contributed by atoms with van der Waals surface area (Å²) in [6.45, 7) is -0.0245. The predicted octanol–water partition coefficient (Wildman–Crippen LogP) is -0.369. The van der Waals surface area contributed by atoms with Gasteiger partial charge >= 0.3 is 0 Å². The van der Waals surface area contributed by atoms with Crippen molar-refractivity contribution >= 4 is 22.9 Å². The first-order chi connectivity index (χ1) is 14.0. The first-order valence-corrected chi connectivity index (χ1v) is 8.84. The Morgan fingerprint density at radius 1 is 1.34 bits per heavy atom. The van der Waals surface area contributed by atoms with Gasteiger partial charge in [-0.2, -0.15) is 0 Å². The van der Waals surface area contributed by atoms with Gasteiger partial charge in [0.05, 0.1) is 6.33 Å². The van der Waals surface area contributed by atoms with Crippen molar-refractivity contribution in [2.45, 2.75) is 24.2 Å². The number of ether oxygens (including phenoxy) is 2. The summed E-state index contributed by atoms with van der Waals surface area (Å²) in [5.41, 5.74) is 6.63. The molecule has 4 atom stereocenters. The number of fused-ring (bicyclic) bond motifs is 1. The average Bonchev–Trinajstić information content (AvgIpc) is 3.29.